The van der Waals surface area contributed by atoms with E-state index < -0.39 is 69.7 Å². The fourth-order valence-corrected chi connectivity index (χ4v) is 5.84. The standard InChI is InChI=1S/C25H24N4O9/c1-29(2)17-11-8-10-7-9-3-4-12(28-24(36)13-5-6-27-38-13)18(30)14(9)19(31)15(10)21(33)25(11,37)22(34)16(20(17)32)23(26)35/h3-6,10-11,17,30-31,34,37H,7-8H2,1-2H3,(H2,26,35)(H,28,36)/t10-,11-,17?,25-/m0/s1. The molecule has 3 aliphatic carbocycles. The average molecular weight is 524 g/mol. The van der Waals surface area contributed by atoms with Gasteiger partial charge in [-0.3, -0.25) is 24.1 Å². The lowest BCUT2D eigenvalue weighted by molar-refractivity contribution is -0.153. The predicted molar refractivity (Wildman–Crippen MR) is 129 cm³/mol. The fraction of sp³-hybridized carbons (Fsp3) is 0.320. The number of fused-ring (bicyclic) bond motifs is 3. The molecule has 0 aliphatic heterocycles. The number of primary amides is 1. The number of Topliss-reactive ketones (excluding diaryl/α,β-unsaturated/α-hetero) is 2. The first-order chi connectivity index (χ1) is 17.9. The van der Waals surface area contributed by atoms with Crippen molar-refractivity contribution in [2.75, 3.05) is 19.4 Å². The first kappa shape index (κ1) is 25.2. The van der Waals surface area contributed by atoms with Crippen molar-refractivity contribution in [2.45, 2.75) is 24.5 Å². The number of aromatic nitrogens is 1. The zero-order chi connectivity index (χ0) is 27.7. The van der Waals surface area contributed by atoms with Gasteiger partial charge in [-0.1, -0.05) is 11.2 Å². The van der Waals surface area contributed by atoms with Gasteiger partial charge in [-0.05, 0) is 44.5 Å². The van der Waals surface area contributed by atoms with E-state index in [1.165, 1.54) is 37.3 Å². The lowest BCUT2D eigenvalue weighted by atomic mass is 9.57. The van der Waals surface area contributed by atoms with Crippen molar-refractivity contribution in [3.05, 3.63) is 58.2 Å². The Balaban J connectivity index is 1.63. The topological polar surface area (TPSA) is 217 Å². The molecule has 13 nitrogen and oxygen atoms in total. The number of amides is 2. The van der Waals surface area contributed by atoms with Crippen LogP contribution in [0.3, 0.4) is 0 Å². The summed E-state index contributed by atoms with van der Waals surface area (Å²) in [5.41, 5.74) is 1.64. The van der Waals surface area contributed by atoms with Crippen molar-refractivity contribution in [2.24, 2.45) is 17.6 Å². The number of hydrogen-bond acceptors (Lipinski definition) is 11. The van der Waals surface area contributed by atoms with Gasteiger partial charge in [0.2, 0.25) is 11.5 Å². The number of hydrogen-bond donors (Lipinski definition) is 6. The van der Waals surface area contributed by atoms with Crippen LogP contribution in [0.2, 0.25) is 0 Å². The number of aromatic hydroxyl groups is 1. The molecule has 1 heterocycles. The van der Waals surface area contributed by atoms with Crippen LogP contribution < -0.4 is 11.1 Å². The Labute approximate surface area is 214 Å². The number of aliphatic hydroxyl groups is 3. The van der Waals surface area contributed by atoms with Crippen LogP contribution in [0.25, 0.3) is 5.76 Å². The molecule has 4 atom stereocenters. The predicted octanol–water partition coefficient (Wildman–Crippen LogP) is 0.204. The van der Waals surface area contributed by atoms with Crippen molar-refractivity contribution < 1.29 is 44.1 Å². The fourth-order valence-electron chi connectivity index (χ4n) is 5.84. The van der Waals surface area contributed by atoms with E-state index in [-0.39, 0.29) is 35.4 Å². The molecule has 1 aromatic carbocycles. The maximum Gasteiger partial charge on any atom is 0.294 e. The summed E-state index contributed by atoms with van der Waals surface area (Å²) in [5.74, 6) is -8.30. The number of carbonyl (C=O) groups is 4. The van der Waals surface area contributed by atoms with E-state index in [1.807, 2.05) is 0 Å². The van der Waals surface area contributed by atoms with E-state index in [0.29, 0.717) is 5.56 Å². The molecule has 5 rings (SSSR count). The van der Waals surface area contributed by atoms with Crippen LogP contribution >= 0.6 is 0 Å². The van der Waals surface area contributed by atoms with Crippen molar-refractivity contribution in [3.8, 4) is 5.75 Å². The van der Waals surface area contributed by atoms with E-state index >= 15 is 0 Å². The SMILES string of the molecule is CN(C)C1C(=O)C(C(N)=O)=C(O)[C@@]2(O)C(=O)C3=C(O)c4c(ccc(NC(=O)c5ccno5)c4O)C[C@H]3C[C@@H]12. The molecule has 38 heavy (non-hydrogen) atoms. The Morgan fingerprint density at radius 2 is 1.89 bits per heavy atom. The van der Waals surface area contributed by atoms with Gasteiger partial charge < -0.3 is 36.0 Å². The van der Waals surface area contributed by atoms with Gasteiger partial charge in [0.05, 0.1) is 23.5 Å². The number of nitrogens with zero attached hydrogens (tertiary/aromatic N) is 2. The Hall–Kier alpha value is -4.49. The summed E-state index contributed by atoms with van der Waals surface area (Å²) < 4.78 is 4.79. The summed E-state index contributed by atoms with van der Waals surface area (Å²) in [5, 5.41) is 50.5. The molecule has 0 spiro atoms. The number of benzene rings is 1. The van der Waals surface area contributed by atoms with Gasteiger partial charge in [0.1, 0.15) is 22.8 Å². The molecule has 7 N–H and O–H groups in total. The minimum absolute atomic E-state index is 0.0174. The zero-order valence-electron chi connectivity index (χ0n) is 20.3. The van der Waals surface area contributed by atoms with E-state index in [2.05, 4.69) is 10.5 Å². The molecule has 2 amide bonds. The van der Waals surface area contributed by atoms with Gasteiger partial charge in [0.15, 0.2) is 11.4 Å². The number of carbonyl (C=O) groups excluding carboxylic acids is 4. The number of rotatable bonds is 4. The van der Waals surface area contributed by atoms with Crippen LogP contribution in [-0.4, -0.2) is 79.6 Å². The Kier molecular flexibility index (Phi) is 5.65. The summed E-state index contributed by atoms with van der Waals surface area (Å²) >= 11 is 0. The average Bonchev–Trinajstić information content (AvgIpc) is 3.38. The summed E-state index contributed by atoms with van der Waals surface area (Å²) in [7, 11) is 3.06. The van der Waals surface area contributed by atoms with Gasteiger partial charge in [-0.25, -0.2) is 0 Å². The molecule has 1 unspecified atom stereocenters. The van der Waals surface area contributed by atoms with Crippen LogP contribution in [0.1, 0.15) is 28.1 Å². The third kappa shape index (κ3) is 3.35. The van der Waals surface area contributed by atoms with Crippen molar-refractivity contribution in [1.29, 1.82) is 0 Å². The summed E-state index contributed by atoms with van der Waals surface area (Å²) in [4.78, 5) is 52.7. The smallest absolute Gasteiger partial charge is 0.294 e. The van der Waals surface area contributed by atoms with Crippen molar-refractivity contribution in [1.82, 2.24) is 10.1 Å². The molecule has 2 aromatic rings. The molecule has 1 saturated carbocycles. The molecule has 3 aliphatic rings. The molecule has 13 heteroatoms. The summed E-state index contributed by atoms with van der Waals surface area (Å²) in [6.45, 7) is 0. The van der Waals surface area contributed by atoms with Crippen LogP contribution in [0.15, 0.2) is 45.8 Å². The number of ketones is 2. The number of phenolic OH excluding ortho intramolecular Hbond substituents is 1. The second kappa shape index (κ2) is 8.53. The van der Waals surface area contributed by atoms with Crippen LogP contribution in [0.4, 0.5) is 5.69 Å². The van der Waals surface area contributed by atoms with Gasteiger partial charge in [0, 0.05) is 17.6 Å². The highest BCUT2D eigenvalue weighted by atomic mass is 16.5. The van der Waals surface area contributed by atoms with Crippen LogP contribution in [-0.2, 0) is 20.8 Å². The highest BCUT2D eigenvalue weighted by molar-refractivity contribution is 6.24. The molecule has 1 fully saturated rings. The second-order valence-electron chi connectivity index (χ2n) is 9.79. The van der Waals surface area contributed by atoms with Gasteiger partial charge in [0.25, 0.3) is 11.8 Å². The monoisotopic (exact) mass is 524 g/mol. The number of phenols is 1. The maximum absolute atomic E-state index is 13.8. The third-order valence-electron chi connectivity index (χ3n) is 7.50. The highest BCUT2D eigenvalue weighted by Crippen LogP contribution is 2.53. The van der Waals surface area contributed by atoms with E-state index in [4.69, 9.17) is 10.3 Å². The molecular formula is C25H24N4O9. The van der Waals surface area contributed by atoms with Crippen LogP contribution in [0, 0.1) is 11.8 Å². The minimum atomic E-state index is -2.72. The Bertz CT molecular complexity index is 1470. The third-order valence-corrected chi connectivity index (χ3v) is 7.50. The first-order valence-corrected chi connectivity index (χ1v) is 11.6. The molecular weight excluding hydrogens is 500 g/mol. The van der Waals surface area contributed by atoms with Gasteiger partial charge in [-0.2, -0.15) is 0 Å². The van der Waals surface area contributed by atoms with Crippen molar-refractivity contribution in [3.63, 3.8) is 0 Å². The lowest BCUT2D eigenvalue weighted by Crippen LogP contribution is -2.65. The summed E-state index contributed by atoms with van der Waals surface area (Å²) in [6, 6.07) is 3.13. The largest absolute Gasteiger partial charge is 0.508 e. The quantitative estimate of drug-likeness (QED) is 0.234. The normalized spacial score (nSPS) is 26.7. The number of likely N-dealkylation sites (N-methyl/N-ethyl adjacent to an activating group) is 1. The molecule has 198 valence electrons. The number of anilines is 1. The minimum Gasteiger partial charge on any atom is -0.508 e. The number of aliphatic hydroxyl groups excluding tert-OH is 2. The van der Waals surface area contributed by atoms with E-state index in [9.17, 15) is 39.6 Å². The van der Waals surface area contributed by atoms with Crippen LogP contribution in [0.5, 0.6) is 5.75 Å². The number of nitrogens with two attached hydrogens (primary N) is 1. The zero-order valence-corrected chi connectivity index (χ0v) is 20.3. The second-order valence-corrected chi connectivity index (χ2v) is 9.79. The van der Waals surface area contributed by atoms with Gasteiger partial charge in [-0.15, -0.1) is 0 Å². The summed E-state index contributed by atoms with van der Waals surface area (Å²) in [6.07, 6.45) is 1.38. The molecule has 0 bridgehead atoms. The molecule has 0 saturated heterocycles. The Morgan fingerprint density at radius 1 is 1.18 bits per heavy atom. The van der Waals surface area contributed by atoms with E-state index in [0.717, 1.165) is 0 Å². The lowest BCUT2D eigenvalue weighted by Gasteiger charge is -2.50. The van der Waals surface area contributed by atoms with Gasteiger partial charge >= 0.3 is 0 Å². The van der Waals surface area contributed by atoms with Crippen molar-refractivity contribution >= 4 is 34.8 Å². The Morgan fingerprint density at radius 3 is 2.50 bits per heavy atom. The number of nitrogens with one attached hydrogen (secondary N) is 1. The first-order valence-electron chi connectivity index (χ1n) is 11.6. The molecule has 0 radical (unpaired) electrons. The maximum atomic E-state index is 13.8. The molecule has 1 aromatic heterocycles. The highest BCUT2D eigenvalue weighted by Gasteiger charge is 2.64. The van der Waals surface area contributed by atoms with E-state index in [1.54, 1.807) is 6.07 Å².